The first-order chi connectivity index (χ1) is 14.2. The number of nitrogens with one attached hydrogen (secondary N) is 1. The highest BCUT2D eigenvalue weighted by molar-refractivity contribution is 9.10. The Morgan fingerprint density at radius 3 is 2.79 bits per heavy atom. The Bertz CT molecular complexity index is 1190. The van der Waals surface area contributed by atoms with E-state index in [-0.39, 0.29) is 11.7 Å². The van der Waals surface area contributed by atoms with Crippen molar-refractivity contribution in [3.05, 3.63) is 58.8 Å². The fraction of sp³-hybridized carbons (Fsp3) is 0.273. The quantitative estimate of drug-likeness (QED) is 0.467. The maximum absolute atomic E-state index is 12.9. The van der Waals surface area contributed by atoms with Crippen LogP contribution in [-0.4, -0.2) is 40.0 Å². The van der Waals surface area contributed by atoms with Crippen LogP contribution in [0.4, 0.5) is 5.95 Å². The lowest BCUT2D eigenvalue weighted by Gasteiger charge is -2.16. The molecule has 0 bridgehead atoms. The highest BCUT2D eigenvalue weighted by Crippen LogP contribution is 2.25. The van der Waals surface area contributed by atoms with Crippen LogP contribution in [0.5, 0.6) is 0 Å². The summed E-state index contributed by atoms with van der Waals surface area (Å²) in [7, 11) is 0. The van der Waals surface area contributed by atoms with E-state index in [1.807, 2.05) is 42.5 Å². The molecular weight excluding hydrogens is 432 g/mol. The Morgan fingerprint density at radius 1 is 1.10 bits per heavy atom. The van der Waals surface area contributed by atoms with E-state index in [4.69, 9.17) is 4.42 Å². The van der Waals surface area contributed by atoms with Crippen molar-refractivity contribution in [2.45, 2.75) is 19.4 Å². The molecule has 1 N–H and O–H groups in total. The summed E-state index contributed by atoms with van der Waals surface area (Å²) in [4.78, 5) is 20.0. The van der Waals surface area contributed by atoms with Gasteiger partial charge in [-0.15, -0.1) is 0 Å². The lowest BCUT2D eigenvalue weighted by Crippen LogP contribution is -2.25. The number of fused-ring (bicyclic) bond motifs is 2. The summed E-state index contributed by atoms with van der Waals surface area (Å²) in [5.41, 5.74) is 2.58. The molecule has 0 unspecified atom stereocenters. The van der Waals surface area contributed by atoms with Gasteiger partial charge in [0, 0.05) is 22.9 Å². The number of hydrogen-bond acceptors (Lipinski definition) is 4. The third kappa shape index (κ3) is 3.68. The molecule has 1 fully saturated rings. The van der Waals surface area contributed by atoms with Gasteiger partial charge < -0.3 is 13.9 Å². The molecule has 4 aromatic rings. The van der Waals surface area contributed by atoms with Gasteiger partial charge in [0.1, 0.15) is 5.58 Å². The summed E-state index contributed by atoms with van der Waals surface area (Å²) in [5.74, 6) is 0.531. The van der Waals surface area contributed by atoms with Crippen LogP contribution in [0.3, 0.4) is 0 Å². The molecule has 0 aliphatic carbocycles. The number of rotatable bonds is 5. The van der Waals surface area contributed by atoms with E-state index in [0.717, 1.165) is 47.1 Å². The van der Waals surface area contributed by atoms with Gasteiger partial charge in [-0.2, -0.15) is 0 Å². The average Bonchev–Trinajstić information content (AvgIpc) is 3.44. The van der Waals surface area contributed by atoms with Crippen LogP contribution < -0.4 is 5.32 Å². The molecule has 0 spiro atoms. The first kappa shape index (κ1) is 18.4. The van der Waals surface area contributed by atoms with Crippen molar-refractivity contribution in [2.75, 3.05) is 25.0 Å². The zero-order valence-corrected chi connectivity index (χ0v) is 17.5. The molecule has 7 heteroatoms. The Morgan fingerprint density at radius 2 is 1.93 bits per heavy atom. The number of para-hydroxylation sites is 2. The molecule has 5 rings (SSSR count). The minimum Gasteiger partial charge on any atom is -0.451 e. The van der Waals surface area contributed by atoms with Crippen molar-refractivity contribution >= 4 is 49.8 Å². The van der Waals surface area contributed by atoms with E-state index >= 15 is 0 Å². The van der Waals surface area contributed by atoms with Crippen LogP contribution in [0, 0.1) is 0 Å². The van der Waals surface area contributed by atoms with Crippen LogP contribution in [-0.2, 0) is 6.54 Å². The summed E-state index contributed by atoms with van der Waals surface area (Å²) < 4.78 is 8.77. The molecule has 1 aliphatic heterocycles. The number of furan rings is 1. The predicted molar refractivity (Wildman–Crippen MR) is 117 cm³/mol. The predicted octanol–water partition coefficient (Wildman–Crippen LogP) is 4.89. The third-order valence-electron chi connectivity index (χ3n) is 5.42. The molecule has 2 aromatic heterocycles. The molecule has 3 heterocycles. The minimum atomic E-state index is -0.296. The van der Waals surface area contributed by atoms with Crippen LogP contribution in [0.1, 0.15) is 23.4 Å². The molecule has 0 saturated carbocycles. The van der Waals surface area contributed by atoms with Gasteiger partial charge in [0.25, 0.3) is 5.91 Å². The van der Waals surface area contributed by atoms with E-state index < -0.39 is 0 Å². The van der Waals surface area contributed by atoms with Crippen molar-refractivity contribution in [3.8, 4) is 0 Å². The Hall–Kier alpha value is -2.64. The van der Waals surface area contributed by atoms with E-state index in [9.17, 15) is 4.79 Å². The lowest BCUT2D eigenvalue weighted by molar-refractivity contribution is 0.0997. The van der Waals surface area contributed by atoms with E-state index in [1.54, 1.807) is 6.07 Å². The zero-order chi connectivity index (χ0) is 19.8. The number of nitrogens with zero attached hydrogens (tertiary/aromatic N) is 3. The number of halogens is 1. The van der Waals surface area contributed by atoms with Crippen LogP contribution in [0.2, 0.25) is 0 Å². The number of imidazole rings is 1. The molecule has 1 saturated heterocycles. The van der Waals surface area contributed by atoms with Crippen molar-refractivity contribution in [1.82, 2.24) is 14.5 Å². The molecular formula is C22H21BrN4O2. The zero-order valence-electron chi connectivity index (χ0n) is 15.9. The first-order valence-electron chi connectivity index (χ1n) is 9.85. The number of hydrogen-bond donors (Lipinski definition) is 1. The maximum Gasteiger partial charge on any atom is 0.293 e. The molecule has 29 heavy (non-hydrogen) atoms. The van der Waals surface area contributed by atoms with Crippen molar-refractivity contribution in [1.29, 1.82) is 0 Å². The highest BCUT2D eigenvalue weighted by atomic mass is 79.9. The summed E-state index contributed by atoms with van der Waals surface area (Å²) in [6.45, 7) is 4.01. The van der Waals surface area contributed by atoms with Gasteiger partial charge in [-0.3, -0.25) is 10.1 Å². The number of carbonyl (C=O) groups is 1. The molecule has 0 radical (unpaired) electrons. The summed E-state index contributed by atoms with van der Waals surface area (Å²) in [6.07, 6.45) is 2.52. The van der Waals surface area contributed by atoms with E-state index in [1.165, 1.54) is 12.8 Å². The number of benzene rings is 2. The largest absolute Gasteiger partial charge is 0.451 e. The number of anilines is 1. The Balaban J connectivity index is 1.43. The van der Waals surface area contributed by atoms with Gasteiger partial charge in [-0.1, -0.05) is 28.1 Å². The average molecular weight is 453 g/mol. The number of carbonyl (C=O) groups excluding carboxylic acids is 1. The second kappa shape index (κ2) is 7.65. The summed E-state index contributed by atoms with van der Waals surface area (Å²) in [5, 5.41) is 3.84. The maximum atomic E-state index is 12.9. The summed E-state index contributed by atoms with van der Waals surface area (Å²) >= 11 is 3.45. The normalized spacial score (nSPS) is 14.8. The SMILES string of the molecule is O=C(Nc1nc2ccccc2n1CCN1CCCC1)c1cc2cc(Br)ccc2o1. The fourth-order valence-corrected chi connectivity index (χ4v) is 4.31. The van der Waals surface area contributed by atoms with Gasteiger partial charge in [0.05, 0.1) is 11.0 Å². The van der Waals surface area contributed by atoms with Gasteiger partial charge >= 0.3 is 0 Å². The molecule has 148 valence electrons. The lowest BCUT2D eigenvalue weighted by atomic mass is 10.2. The van der Waals surface area contributed by atoms with Crippen LogP contribution in [0.25, 0.3) is 22.0 Å². The monoisotopic (exact) mass is 452 g/mol. The topological polar surface area (TPSA) is 63.3 Å². The third-order valence-corrected chi connectivity index (χ3v) is 5.91. The number of aromatic nitrogens is 2. The van der Waals surface area contributed by atoms with Gasteiger partial charge in [-0.05, 0) is 62.3 Å². The van der Waals surface area contributed by atoms with Gasteiger partial charge in [-0.25, -0.2) is 4.98 Å². The van der Waals surface area contributed by atoms with Crippen molar-refractivity contribution < 1.29 is 9.21 Å². The number of amides is 1. The molecule has 2 aromatic carbocycles. The van der Waals surface area contributed by atoms with E-state index in [0.29, 0.717) is 11.5 Å². The van der Waals surface area contributed by atoms with Crippen molar-refractivity contribution in [3.63, 3.8) is 0 Å². The molecule has 1 amide bonds. The second-order valence-electron chi connectivity index (χ2n) is 7.37. The molecule has 0 atom stereocenters. The van der Waals surface area contributed by atoms with Gasteiger partial charge in [0.15, 0.2) is 5.76 Å². The molecule has 1 aliphatic rings. The molecule has 6 nitrogen and oxygen atoms in total. The van der Waals surface area contributed by atoms with E-state index in [2.05, 4.69) is 35.7 Å². The fourth-order valence-electron chi connectivity index (χ4n) is 3.93. The summed E-state index contributed by atoms with van der Waals surface area (Å²) in [6, 6.07) is 15.4. The van der Waals surface area contributed by atoms with Crippen LogP contribution >= 0.6 is 15.9 Å². The minimum absolute atomic E-state index is 0.274. The Kier molecular flexibility index (Phi) is 4.85. The van der Waals surface area contributed by atoms with Crippen molar-refractivity contribution in [2.24, 2.45) is 0 Å². The Labute approximate surface area is 176 Å². The standard InChI is InChI=1S/C22H21BrN4O2/c23-16-7-8-19-15(13-16)14-20(29-19)21(28)25-22-24-17-5-1-2-6-18(17)27(22)12-11-26-9-3-4-10-26/h1-2,5-8,13-14H,3-4,9-12H2,(H,24,25,28). The first-order valence-corrected chi connectivity index (χ1v) is 10.6. The van der Waals surface area contributed by atoms with Gasteiger partial charge in [0.2, 0.25) is 5.95 Å². The number of likely N-dealkylation sites (tertiary alicyclic amines) is 1. The second-order valence-corrected chi connectivity index (χ2v) is 8.29. The highest BCUT2D eigenvalue weighted by Gasteiger charge is 2.19. The van der Waals surface area contributed by atoms with Crippen LogP contribution in [0.15, 0.2) is 57.4 Å². The smallest absolute Gasteiger partial charge is 0.293 e.